The smallest absolute Gasteiger partial charge is 0.323 e. The van der Waals surface area contributed by atoms with Crippen molar-refractivity contribution in [1.29, 1.82) is 0 Å². The molecule has 0 saturated heterocycles. The lowest BCUT2D eigenvalue weighted by Gasteiger charge is -2.15. The van der Waals surface area contributed by atoms with Gasteiger partial charge in [-0.3, -0.25) is 0 Å². The van der Waals surface area contributed by atoms with Gasteiger partial charge < -0.3 is 15.4 Å². The third kappa shape index (κ3) is 4.95. The van der Waals surface area contributed by atoms with Crippen LogP contribution in [0, 0.1) is 6.92 Å². The van der Waals surface area contributed by atoms with Gasteiger partial charge in [0.2, 0.25) is 5.88 Å². The quantitative estimate of drug-likeness (QED) is 0.309. The average molecular weight is 480 g/mol. The van der Waals surface area contributed by atoms with Crippen molar-refractivity contribution in [3.8, 4) is 23.0 Å². The minimum atomic E-state index is -0.388. The van der Waals surface area contributed by atoms with Gasteiger partial charge in [-0.05, 0) is 61.4 Å². The Morgan fingerprint density at radius 1 is 0.972 bits per heavy atom. The highest BCUT2D eigenvalue weighted by Gasteiger charge is 2.15. The first-order valence-electron chi connectivity index (χ1n) is 11.6. The molecule has 180 valence electrons. The van der Waals surface area contributed by atoms with E-state index >= 15 is 0 Å². The van der Waals surface area contributed by atoms with E-state index in [1.54, 1.807) is 40.0 Å². The molecule has 2 N–H and O–H groups in total. The standard InChI is InChI=1S/C27H25N7O2/c1-3-20-8-4-6-10-24(20)34-26(16-19(2)32-34)36-25-11-7-5-9-23(25)31-27(35)30-21-12-14-22(15-13-21)33-18-28-17-29-33/h4-18H,3H2,1-2H3,(H2,30,31,35). The fourth-order valence-electron chi connectivity index (χ4n) is 3.83. The van der Waals surface area contributed by atoms with Gasteiger partial charge in [0.15, 0.2) is 5.75 Å². The molecule has 9 nitrogen and oxygen atoms in total. The molecule has 5 rings (SSSR count). The molecule has 0 radical (unpaired) electrons. The maximum absolute atomic E-state index is 12.8. The van der Waals surface area contributed by atoms with Crippen LogP contribution in [-0.4, -0.2) is 30.6 Å². The lowest BCUT2D eigenvalue weighted by atomic mass is 10.1. The van der Waals surface area contributed by atoms with E-state index in [0.29, 0.717) is 23.0 Å². The fraction of sp³-hybridized carbons (Fsp3) is 0.111. The highest BCUT2D eigenvalue weighted by molar-refractivity contribution is 6.00. The molecule has 2 heterocycles. The Bertz CT molecular complexity index is 1470. The Morgan fingerprint density at radius 3 is 2.53 bits per heavy atom. The van der Waals surface area contributed by atoms with Crippen LogP contribution in [0.15, 0.2) is 91.5 Å². The molecule has 0 bridgehead atoms. The van der Waals surface area contributed by atoms with E-state index in [4.69, 9.17) is 4.74 Å². The summed E-state index contributed by atoms with van der Waals surface area (Å²) >= 11 is 0. The lowest BCUT2D eigenvalue weighted by molar-refractivity contribution is 0.262. The third-order valence-corrected chi connectivity index (χ3v) is 5.56. The van der Waals surface area contributed by atoms with Crippen molar-refractivity contribution in [2.45, 2.75) is 20.3 Å². The van der Waals surface area contributed by atoms with E-state index in [1.807, 2.05) is 55.5 Å². The van der Waals surface area contributed by atoms with Crippen LogP contribution in [0.25, 0.3) is 11.4 Å². The molecule has 0 spiro atoms. The van der Waals surface area contributed by atoms with Crippen molar-refractivity contribution in [2.24, 2.45) is 0 Å². The van der Waals surface area contributed by atoms with E-state index in [1.165, 1.54) is 6.33 Å². The summed E-state index contributed by atoms with van der Waals surface area (Å²) in [5, 5.41) is 14.5. The predicted octanol–water partition coefficient (Wildman–Crippen LogP) is 5.76. The van der Waals surface area contributed by atoms with E-state index in [0.717, 1.165) is 29.1 Å². The van der Waals surface area contributed by atoms with Crippen molar-refractivity contribution >= 4 is 17.4 Å². The fourth-order valence-corrected chi connectivity index (χ4v) is 3.83. The Hall–Kier alpha value is -4.92. The molecule has 0 aliphatic carbocycles. The molecule has 0 aliphatic rings. The number of carbonyl (C=O) groups excluding carboxylic acids is 1. The van der Waals surface area contributed by atoms with E-state index in [9.17, 15) is 4.79 Å². The number of carbonyl (C=O) groups is 1. The third-order valence-electron chi connectivity index (χ3n) is 5.56. The zero-order valence-corrected chi connectivity index (χ0v) is 19.9. The summed E-state index contributed by atoms with van der Waals surface area (Å²) in [5.74, 6) is 1.07. The number of benzene rings is 3. The Balaban J connectivity index is 1.33. The molecule has 9 heteroatoms. The number of para-hydroxylation sites is 3. The average Bonchev–Trinajstić information content (AvgIpc) is 3.56. The van der Waals surface area contributed by atoms with Gasteiger partial charge in [0.1, 0.15) is 12.7 Å². The lowest BCUT2D eigenvalue weighted by Crippen LogP contribution is -2.19. The maximum atomic E-state index is 12.8. The van der Waals surface area contributed by atoms with Crippen LogP contribution in [0.2, 0.25) is 0 Å². The molecule has 0 atom stereocenters. The van der Waals surface area contributed by atoms with Crippen molar-refractivity contribution in [1.82, 2.24) is 24.5 Å². The number of anilines is 2. The number of nitrogens with zero attached hydrogens (tertiary/aromatic N) is 5. The summed E-state index contributed by atoms with van der Waals surface area (Å²) in [7, 11) is 0. The molecule has 3 aromatic carbocycles. The summed E-state index contributed by atoms with van der Waals surface area (Å²) in [6, 6.07) is 24.1. The molecule has 5 aromatic rings. The summed E-state index contributed by atoms with van der Waals surface area (Å²) in [4.78, 5) is 16.7. The van der Waals surface area contributed by atoms with Crippen LogP contribution in [0.4, 0.5) is 16.2 Å². The van der Waals surface area contributed by atoms with Crippen LogP contribution >= 0.6 is 0 Å². The number of urea groups is 1. The summed E-state index contributed by atoms with van der Waals surface area (Å²) < 4.78 is 9.70. The van der Waals surface area contributed by atoms with Crippen LogP contribution in [0.1, 0.15) is 18.2 Å². The van der Waals surface area contributed by atoms with Gasteiger partial charge in [0.05, 0.1) is 22.8 Å². The van der Waals surface area contributed by atoms with Gasteiger partial charge in [-0.15, -0.1) is 0 Å². The first-order valence-corrected chi connectivity index (χ1v) is 11.6. The van der Waals surface area contributed by atoms with Crippen molar-refractivity contribution in [2.75, 3.05) is 10.6 Å². The minimum absolute atomic E-state index is 0.388. The number of aryl methyl sites for hydroxylation is 2. The summed E-state index contributed by atoms with van der Waals surface area (Å²) in [5.41, 5.74) is 4.96. The monoisotopic (exact) mass is 479 g/mol. The Kier molecular flexibility index (Phi) is 6.44. The molecule has 0 fully saturated rings. The van der Waals surface area contributed by atoms with Crippen molar-refractivity contribution in [3.63, 3.8) is 0 Å². The first kappa shape index (κ1) is 22.9. The van der Waals surface area contributed by atoms with Crippen molar-refractivity contribution < 1.29 is 9.53 Å². The Labute approximate surface area is 208 Å². The number of rotatable bonds is 7. The predicted molar refractivity (Wildman–Crippen MR) is 138 cm³/mol. The van der Waals surface area contributed by atoms with Gasteiger partial charge in [-0.25, -0.2) is 19.1 Å². The van der Waals surface area contributed by atoms with Crippen LogP contribution < -0.4 is 15.4 Å². The number of hydrogen-bond donors (Lipinski definition) is 2. The summed E-state index contributed by atoms with van der Waals surface area (Å²) in [6.45, 7) is 4.03. The molecule has 0 unspecified atom stereocenters. The molecule has 0 aliphatic heterocycles. The topological polar surface area (TPSA) is 98.9 Å². The normalized spacial score (nSPS) is 10.7. The largest absolute Gasteiger partial charge is 0.437 e. The minimum Gasteiger partial charge on any atom is -0.437 e. The van der Waals surface area contributed by atoms with Crippen LogP contribution in [-0.2, 0) is 6.42 Å². The molecular weight excluding hydrogens is 454 g/mol. The van der Waals surface area contributed by atoms with Crippen LogP contribution in [0.3, 0.4) is 0 Å². The molecule has 2 amide bonds. The molecular formula is C27H25N7O2. The van der Waals surface area contributed by atoms with Gasteiger partial charge in [-0.2, -0.15) is 10.2 Å². The Morgan fingerprint density at radius 2 is 1.75 bits per heavy atom. The number of ether oxygens (including phenoxy) is 1. The number of amides is 2. The molecule has 2 aromatic heterocycles. The zero-order chi connectivity index (χ0) is 24.9. The van der Waals surface area contributed by atoms with Crippen molar-refractivity contribution in [3.05, 3.63) is 103 Å². The highest BCUT2D eigenvalue weighted by atomic mass is 16.5. The molecule has 0 saturated carbocycles. The number of aromatic nitrogens is 5. The maximum Gasteiger partial charge on any atom is 0.323 e. The second-order valence-corrected chi connectivity index (χ2v) is 8.08. The zero-order valence-electron chi connectivity index (χ0n) is 19.9. The number of nitrogens with one attached hydrogen (secondary N) is 2. The van der Waals surface area contributed by atoms with Crippen LogP contribution in [0.5, 0.6) is 11.6 Å². The number of hydrogen-bond acceptors (Lipinski definition) is 5. The van der Waals surface area contributed by atoms with Gasteiger partial charge in [0.25, 0.3) is 0 Å². The van der Waals surface area contributed by atoms with E-state index in [2.05, 4.69) is 38.8 Å². The second kappa shape index (κ2) is 10.1. The van der Waals surface area contributed by atoms with Gasteiger partial charge >= 0.3 is 6.03 Å². The van der Waals surface area contributed by atoms with Gasteiger partial charge in [-0.1, -0.05) is 37.3 Å². The first-order chi connectivity index (χ1) is 17.6. The summed E-state index contributed by atoms with van der Waals surface area (Å²) in [6.07, 6.45) is 3.95. The highest BCUT2D eigenvalue weighted by Crippen LogP contribution is 2.32. The van der Waals surface area contributed by atoms with E-state index in [-0.39, 0.29) is 6.03 Å². The van der Waals surface area contributed by atoms with E-state index < -0.39 is 0 Å². The SMILES string of the molecule is CCc1ccccc1-n1nc(C)cc1Oc1ccccc1NC(=O)Nc1ccc(-n2cncn2)cc1. The molecule has 36 heavy (non-hydrogen) atoms. The second-order valence-electron chi connectivity index (χ2n) is 8.08. The van der Waals surface area contributed by atoms with Gasteiger partial charge in [0, 0.05) is 11.8 Å².